The van der Waals surface area contributed by atoms with Crippen LogP contribution in [0.1, 0.15) is 0 Å². The van der Waals surface area contributed by atoms with Crippen molar-refractivity contribution in [3.05, 3.63) is 176 Å². The van der Waals surface area contributed by atoms with E-state index in [1.165, 1.54) is 43.5 Å². The fourth-order valence-electron chi connectivity index (χ4n) is 6.80. The van der Waals surface area contributed by atoms with E-state index in [4.69, 9.17) is 0 Å². The Kier molecular flexibility index (Phi) is 5.82. The zero-order valence-corrected chi connectivity index (χ0v) is 24.6. The number of rotatable bonds is 5. The lowest BCUT2D eigenvalue weighted by Crippen LogP contribution is -2.10. The monoisotopic (exact) mass is 575 g/mol. The van der Waals surface area contributed by atoms with E-state index in [0.29, 0.717) is 0 Å². The number of hydrogen-bond donors (Lipinski definition) is 0. The molecule has 3 nitrogen and oxygen atoms in total. The van der Waals surface area contributed by atoms with E-state index in [1.807, 2.05) is 0 Å². The predicted octanol–water partition coefficient (Wildman–Crippen LogP) is 11.4. The number of aromatic nitrogens is 2. The van der Waals surface area contributed by atoms with Crippen LogP contribution in [-0.2, 0) is 0 Å². The summed E-state index contributed by atoms with van der Waals surface area (Å²) in [5, 5.41) is 6.17. The second-order valence-electron chi connectivity index (χ2n) is 11.5. The Morgan fingerprint density at radius 3 is 1.91 bits per heavy atom. The van der Waals surface area contributed by atoms with Crippen molar-refractivity contribution >= 4 is 60.5 Å². The van der Waals surface area contributed by atoms with Gasteiger partial charge in [-0.2, -0.15) is 0 Å². The average molecular weight is 576 g/mol. The molecule has 0 fully saturated rings. The highest BCUT2D eigenvalue weighted by Crippen LogP contribution is 2.39. The quantitative estimate of drug-likeness (QED) is 0.199. The summed E-state index contributed by atoms with van der Waals surface area (Å²) in [6.45, 7) is 0. The SMILES string of the molecule is c1ccc(N(c2cccc(-n3c4ccccc4c4cc5c(ccn5-c5ccccc5)cc43)c2)c2ccc3ccccc3c2)cc1. The number of fused-ring (bicyclic) bond motifs is 5. The van der Waals surface area contributed by atoms with Crippen LogP contribution in [0.2, 0.25) is 0 Å². The van der Waals surface area contributed by atoms with Crippen LogP contribution in [0.4, 0.5) is 17.1 Å². The van der Waals surface area contributed by atoms with E-state index in [1.54, 1.807) is 0 Å². The molecule has 9 rings (SSSR count). The van der Waals surface area contributed by atoms with Gasteiger partial charge in [-0.05, 0) is 89.6 Å². The van der Waals surface area contributed by atoms with Gasteiger partial charge in [0, 0.05) is 50.8 Å². The van der Waals surface area contributed by atoms with Gasteiger partial charge in [0.15, 0.2) is 0 Å². The summed E-state index contributed by atoms with van der Waals surface area (Å²) in [7, 11) is 0. The van der Waals surface area contributed by atoms with Crippen LogP contribution in [0.3, 0.4) is 0 Å². The van der Waals surface area contributed by atoms with Crippen LogP contribution in [0.5, 0.6) is 0 Å². The van der Waals surface area contributed by atoms with Gasteiger partial charge in [0.1, 0.15) is 0 Å². The molecule has 0 aliphatic rings. The summed E-state index contributed by atoms with van der Waals surface area (Å²) in [5.74, 6) is 0. The van der Waals surface area contributed by atoms with Gasteiger partial charge < -0.3 is 14.0 Å². The molecular weight excluding hydrogens is 546 g/mol. The van der Waals surface area contributed by atoms with Gasteiger partial charge in [-0.3, -0.25) is 0 Å². The number of benzene rings is 7. The molecular formula is C42H29N3. The van der Waals surface area contributed by atoms with Gasteiger partial charge in [-0.25, -0.2) is 0 Å². The van der Waals surface area contributed by atoms with Gasteiger partial charge in [0.05, 0.1) is 16.6 Å². The molecule has 9 aromatic rings. The van der Waals surface area contributed by atoms with E-state index in [2.05, 4.69) is 190 Å². The zero-order valence-electron chi connectivity index (χ0n) is 24.6. The van der Waals surface area contributed by atoms with Gasteiger partial charge in [0.2, 0.25) is 0 Å². The molecule has 0 saturated heterocycles. The highest BCUT2D eigenvalue weighted by molar-refractivity contribution is 6.13. The average Bonchev–Trinajstić information content (AvgIpc) is 3.67. The maximum Gasteiger partial charge on any atom is 0.0548 e. The Hall–Kier alpha value is -6.06. The Balaban J connectivity index is 1.26. The highest BCUT2D eigenvalue weighted by atomic mass is 15.1. The van der Waals surface area contributed by atoms with Crippen molar-refractivity contribution in [2.24, 2.45) is 0 Å². The summed E-state index contributed by atoms with van der Waals surface area (Å²) in [4.78, 5) is 2.35. The van der Waals surface area contributed by atoms with E-state index in [-0.39, 0.29) is 0 Å². The van der Waals surface area contributed by atoms with Crippen molar-refractivity contribution in [1.82, 2.24) is 9.13 Å². The van der Waals surface area contributed by atoms with Crippen LogP contribution in [-0.4, -0.2) is 9.13 Å². The number of hydrogen-bond acceptors (Lipinski definition) is 1. The molecule has 212 valence electrons. The summed E-state index contributed by atoms with van der Waals surface area (Å²) in [5.41, 5.74) is 9.25. The molecule has 3 heteroatoms. The molecule has 2 aromatic heterocycles. The predicted molar refractivity (Wildman–Crippen MR) is 190 cm³/mol. The summed E-state index contributed by atoms with van der Waals surface area (Å²) < 4.78 is 4.69. The van der Waals surface area contributed by atoms with Crippen LogP contribution < -0.4 is 4.90 Å². The van der Waals surface area contributed by atoms with Crippen molar-refractivity contribution < 1.29 is 0 Å². The molecule has 0 amide bonds. The fourth-order valence-corrected chi connectivity index (χ4v) is 6.80. The van der Waals surface area contributed by atoms with Crippen molar-refractivity contribution in [3.8, 4) is 11.4 Å². The van der Waals surface area contributed by atoms with Crippen molar-refractivity contribution in [2.45, 2.75) is 0 Å². The lowest BCUT2D eigenvalue weighted by molar-refractivity contribution is 1.13. The molecule has 0 saturated carbocycles. The molecule has 0 radical (unpaired) electrons. The summed E-state index contributed by atoms with van der Waals surface area (Å²) >= 11 is 0. The molecule has 0 aliphatic heterocycles. The van der Waals surface area contributed by atoms with Gasteiger partial charge >= 0.3 is 0 Å². The molecule has 7 aromatic carbocycles. The van der Waals surface area contributed by atoms with Gasteiger partial charge in [-0.1, -0.05) is 91.0 Å². The van der Waals surface area contributed by atoms with Gasteiger partial charge in [-0.15, -0.1) is 0 Å². The third kappa shape index (κ3) is 4.21. The first-order chi connectivity index (χ1) is 22.3. The minimum atomic E-state index is 1.11. The van der Waals surface area contributed by atoms with Crippen LogP contribution >= 0.6 is 0 Å². The van der Waals surface area contributed by atoms with Crippen molar-refractivity contribution in [3.63, 3.8) is 0 Å². The fraction of sp³-hybridized carbons (Fsp3) is 0. The minimum absolute atomic E-state index is 1.11. The number of para-hydroxylation sites is 3. The highest BCUT2D eigenvalue weighted by Gasteiger charge is 2.18. The molecule has 0 aliphatic carbocycles. The number of anilines is 3. The lowest BCUT2D eigenvalue weighted by Gasteiger charge is -2.26. The van der Waals surface area contributed by atoms with E-state index in [9.17, 15) is 0 Å². The molecule has 2 heterocycles. The largest absolute Gasteiger partial charge is 0.317 e. The maximum absolute atomic E-state index is 2.41. The van der Waals surface area contributed by atoms with Crippen LogP contribution in [0, 0.1) is 0 Å². The third-order valence-corrected chi connectivity index (χ3v) is 8.87. The number of nitrogens with zero attached hydrogens (tertiary/aromatic N) is 3. The Labute approximate surface area is 261 Å². The Morgan fingerprint density at radius 2 is 1.04 bits per heavy atom. The van der Waals surface area contributed by atoms with Crippen molar-refractivity contribution in [2.75, 3.05) is 4.90 Å². The normalized spacial score (nSPS) is 11.6. The van der Waals surface area contributed by atoms with E-state index in [0.717, 1.165) is 28.4 Å². The smallest absolute Gasteiger partial charge is 0.0548 e. The molecule has 0 spiro atoms. The maximum atomic E-state index is 2.41. The summed E-state index contributed by atoms with van der Waals surface area (Å²) in [6.07, 6.45) is 2.17. The second-order valence-corrected chi connectivity index (χ2v) is 11.5. The second kappa shape index (κ2) is 10.3. The molecule has 0 atom stereocenters. The van der Waals surface area contributed by atoms with Gasteiger partial charge in [0.25, 0.3) is 0 Å². The Bertz CT molecular complexity index is 2490. The molecule has 45 heavy (non-hydrogen) atoms. The minimum Gasteiger partial charge on any atom is -0.317 e. The first-order valence-corrected chi connectivity index (χ1v) is 15.4. The zero-order chi connectivity index (χ0) is 29.7. The van der Waals surface area contributed by atoms with Crippen LogP contribution in [0.15, 0.2) is 176 Å². The first kappa shape index (κ1) is 25.4. The van der Waals surface area contributed by atoms with E-state index >= 15 is 0 Å². The third-order valence-electron chi connectivity index (χ3n) is 8.87. The standard InChI is InChI=1S/C42H29N3/c1-3-14-33(15-4-1)43-25-24-32-27-42-39(29-41(32)43)38-20-9-10-21-40(38)45(42)36-19-11-18-35(28-36)44(34-16-5-2-6-17-34)37-23-22-30-12-7-8-13-31(30)26-37/h1-29H. The molecule has 0 N–H and O–H groups in total. The van der Waals surface area contributed by atoms with E-state index < -0.39 is 0 Å². The van der Waals surface area contributed by atoms with Crippen molar-refractivity contribution in [1.29, 1.82) is 0 Å². The molecule has 0 unspecified atom stereocenters. The molecule has 0 bridgehead atoms. The Morgan fingerprint density at radius 1 is 0.356 bits per heavy atom. The van der Waals surface area contributed by atoms with Crippen LogP contribution in [0.25, 0.3) is 54.9 Å². The lowest BCUT2D eigenvalue weighted by atomic mass is 10.1. The first-order valence-electron chi connectivity index (χ1n) is 15.4. The summed E-state index contributed by atoms with van der Waals surface area (Å²) in [6, 6.07) is 61.0. The topological polar surface area (TPSA) is 13.1 Å².